The summed E-state index contributed by atoms with van der Waals surface area (Å²) in [7, 11) is 0. The molecule has 1 unspecified atom stereocenters. The SMILES string of the molecule is O=CCCC1COCCC1=O. The first-order valence-electron chi connectivity index (χ1n) is 3.88. The predicted octanol–water partition coefficient (Wildman–Crippen LogP) is 0.571. The highest BCUT2D eigenvalue weighted by Crippen LogP contribution is 2.14. The Morgan fingerprint density at radius 2 is 2.45 bits per heavy atom. The average molecular weight is 156 g/mol. The minimum absolute atomic E-state index is 0.0195. The van der Waals surface area contributed by atoms with E-state index in [4.69, 9.17) is 4.74 Å². The minimum atomic E-state index is -0.0195. The molecule has 11 heavy (non-hydrogen) atoms. The summed E-state index contributed by atoms with van der Waals surface area (Å²) in [6.07, 6.45) is 2.49. The van der Waals surface area contributed by atoms with Gasteiger partial charge >= 0.3 is 0 Å². The zero-order chi connectivity index (χ0) is 8.10. The molecule has 1 rings (SSSR count). The van der Waals surface area contributed by atoms with Gasteiger partial charge in [0.2, 0.25) is 0 Å². The Bertz CT molecular complexity index is 153. The zero-order valence-corrected chi connectivity index (χ0v) is 6.41. The lowest BCUT2D eigenvalue weighted by atomic mass is 9.96. The Balaban J connectivity index is 2.29. The van der Waals surface area contributed by atoms with Crippen LogP contribution in [0.5, 0.6) is 0 Å². The number of hydrogen-bond donors (Lipinski definition) is 0. The number of aldehydes is 1. The molecular formula is C8H12O3. The first kappa shape index (κ1) is 8.40. The molecule has 3 nitrogen and oxygen atoms in total. The van der Waals surface area contributed by atoms with Crippen LogP contribution in [0.3, 0.4) is 0 Å². The zero-order valence-electron chi connectivity index (χ0n) is 6.41. The van der Waals surface area contributed by atoms with Gasteiger partial charge in [-0.15, -0.1) is 0 Å². The largest absolute Gasteiger partial charge is 0.380 e. The van der Waals surface area contributed by atoms with Crippen molar-refractivity contribution in [2.24, 2.45) is 5.92 Å². The molecule has 62 valence electrons. The second-order valence-electron chi connectivity index (χ2n) is 2.73. The quantitative estimate of drug-likeness (QED) is 0.561. The van der Waals surface area contributed by atoms with Crippen LogP contribution in [0.25, 0.3) is 0 Å². The van der Waals surface area contributed by atoms with Gasteiger partial charge in [0.1, 0.15) is 12.1 Å². The summed E-state index contributed by atoms with van der Waals surface area (Å²) in [4.78, 5) is 21.1. The van der Waals surface area contributed by atoms with Crippen molar-refractivity contribution in [3.63, 3.8) is 0 Å². The smallest absolute Gasteiger partial charge is 0.140 e. The molecule has 0 amide bonds. The lowest BCUT2D eigenvalue weighted by Gasteiger charge is -2.19. The van der Waals surface area contributed by atoms with Crippen molar-refractivity contribution in [1.29, 1.82) is 0 Å². The van der Waals surface area contributed by atoms with Crippen LogP contribution in [0.2, 0.25) is 0 Å². The highest BCUT2D eigenvalue weighted by molar-refractivity contribution is 5.81. The normalized spacial score (nSPS) is 25.1. The van der Waals surface area contributed by atoms with E-state index < -0.39 is 0 Å². The van der Waals surface area contributed by atoms with Crippen molar-refractivity contribution in [1.82, 2.24) is 0 Å². The van der Waals surface area contributed by atoms with Crippen molar-refractivity contribution in [2.75, 3.05) is 13.2 Å². The Morgan fingerprint density at radius 3 is 3.09 bits per heavy atom. The Labute approximate surface area is 65.7 Å². The van der Waals surface area contributed by atoms with E-state index in [1.807, 2.05) is 0 Å². The van der Waals surface area contributed by atoms with Crippen molar-refractivity contribution < 1.29 is 14.3 Å². The first-order valence-corrected chi connectivity index (χ1v) is 3.88. The van der Waals surface area contributed by atoms with Crippen molar-refractivity contribution in [3.8, 4) is 0 Å². The van der Waals surface area contributed by atoms with E-state index in [1.54, 1.807) is 0 Å². The Morgan fingerprint density at radius 1 is 1.64 bits per heavy atom. The summed E-state index contributed by atoms with van der Waals surface area (Å²) in [6, 6.07) is 0. The summed E-state index contributed by atoms with van der Waals surface area (Å²) in [6.45, 7) is 1.06. The fourth-order valence-corrected chi connectivity index (χ4v) is 1.21. The van der Waals surface area contributed by atoms with E-state index in [-0.39, 0.29) is 11.7 Å². The maximum atomic E-state index is 11.1. The van der Waals surface area contributed by atoms with Crippen LogP contribution in [0, 0.1) is 5.92 Å². The lowest BCUT2D eigenvalue weighted by Crippen LogP contribution is -2.27. The van der Waals surface area contributed by atoms with E-state index >= 15 is 0 Å². The van der Waals surface area contributed by atoms with Gasteiger partial charge in [-0.05, 0) is 6.42 Å². The molecule has 1 fully saturated rings. The molecule has 0 aliphatic carbocycles. The Hall–Kier alpha value is -0.700. The van der Waals surface area contributed by atoms with Crippen LogP contribution in [-0.2, 0) is 14.3 Å². The van der Waals surface area contributed by atoms with Crippen LogP contribution >= 0.6 is 0 Å². The minimum Gasteiger partial charge on any atom is -0.380 e. The molecule has 0 saturated carbocycles. The van der Waals surface area contributed by atoms with Crippen molar-refractivity contribution >= 4 is 12.1 Å². The standard InChI is InChI=1S/C8H12O3/c9-4-1-2-7-6-11-5-3-8(7)10/h4,7H,1-3,5-6H2. The molecule has 0 bridgehead atoms. The molecule has 1 aliphatic heterocycles. The number of carbonyl (C=O) groups excluding carboxylic acids is 2. The molecule has 1 saturated heterocycles. The van der Waals surface area contributed by atoms with E-state index in [1.165, 1.54) is 0 Å². The molecule has 0 aromatic carbocycles. The van der Waals surface area contributed by atoms with Gasteiger partial charge in [0.15, 0.2) is 0 Å². The molecule has 1 aliphatic rings. The van der Waals surface area contributed by atoms with Crippen LogP contribution in [-0.4, -0.2) is 25.3 Å². The number of Topliss-reactive ketones (excluding diaryl/α,β-unsaturated/α-hetero) is 1. The summed E-state index contributed by atoms with van der Waals surface area (Å²) < 4.78 is 5.11. The van der Waals surface area contributed by atoms with Gasteiger partial charge in [0.05, 0.1) is 13.2 Å². The number of carbonyl (C=O) groups is 2. The van der Waals surface area contributed by atoms with Crippen LogP contribution < -0.4 is 0 Å². The number of rotatable bonds is 3. The Kier molecular flexibility index (Phi) is 3.23. The third kappa shape index (κ3) is 2.42. The van der Waals surface area contributed by atoms with Gasteiger partial charge in [-0.2, -0.15) is 0 Å². The predicted molar refractivity (Wildman–Crippen MR) is 39.2 cm³/mol. The second-order valence-corrected chi connectivity index (χ2v) is 2.73. The highest BCUT2D eigenvalue weighted by atomic mass is 16.5. The fourth-order valence-electron chi connectivity index (χ4n) is 1.21. The van der Waals surface area contributed by atoms with Crippen LogP contribution in [0.15, 0.2) is 0 Å². The summed E-state index contributed by atoms with van der Waals surface area (Å²) in [5.41, 5.74) is 0. The summed E-state index contributed by atoms with van der Waals surface area (Å²) in [5, 5.41) is 0. The fraction of sp³-hybridized carbons (Fsp3) is 0.750. The monoisotopic (exact) mass is 156 g/mol. The van der Waals surface area contributed by atoms with Gasteiger partial charge in [0, 0.05) is 18.8 Å². The van der Waals surface area contributed by atoms with E-state index in [0.717, 1.165) is 6.29 Å². The van der Waals surface area contributed by atoms with Gasteiger partial charge in [-0.3, -0.25) is 4.79 Å². The van der Waals surface area contributed by atoms with Crippen LogP contribution in [0.4, 0.5) is 0 Å². The van der Waals surface area contributed by atoms with Gasteiger partial charge in [-0.1, -0.05) is 0 Å². The maximum Gasteiger partial charge on any atom is 0.140 e. The molecule has 0 aromatic heterocycles. The van der Waals surface area contributed by atoms with Gasteiger partial charge in [0.25, 0.3) is 0 Å². The van der Waals surface area contributed by atoms with Gasteiger partial charge in [-0.25, -0.2) is 0 Å². The lowest BCUT2D eigenvalue weighted by molar-refractivity contribution is -0.130. The van der Waals surface area contributed by atoms with Crippen LogP contribution in [0.1, 0.15) is 19.3 Å². The maximum absolute atomic E-state index is 11.1. The van der Waals surface area contributed by atoms with Crippen molar-refractivity contribution in [2.45, 2.75) is 19.3 Å². The number of hydrogen-bond acceptors (Lipinski definition) is 3. The molecular weight excluding hydrogens is 144 g/mol. The molecule has 0 spiro atoms. The first-order chi connectivity index (χ1) is 5.34. The number of ketones is 1. The summed E-state index contributed by atoms with van der Waals surface area (Å²) >= 11 is 0. The highest BCUT2D eigenvalue weighted by Gasteiger charge is 2.21. The molecule has 1 heterocycles. The molecule has 1 atom stereocenters. The number of ether oxygens (including phenoxy) is 1. The van der Waals surface area contributed by atoms with Crippen molar-refractivity contribution in [3.05, 3.63) is 0 Å². The molecule has 0 radical (unpaired) electrons. The van der Waals surface area contributed by atoms with E-state index in [0.29, 0.717) is 32.5 Å². The molecule has 3 heteroatoms. The topological polar surface area (TPSA) is 43.4 Å². The third-order valence-electron chi connectivity index (χ3n) is 1.90. The molecule has 0 N–H and O–H groups in total. The third-order valence-corrected chi connectivity index (χ3v) is 1.90. The van der Waals surface area contributed by atoms with E-state index in [9.17, 15) is 9.59 Å². The molecule has 0 aromatic rings. The summed E-state index contributed by atoms with van der Waals surface area (Å²) in [5.74, 6) is 0.229. The second kappa shape index (κ2) is 4.23. The van der Waals surface area contributed by atoms with Gasteiger partial charge < -0.3 is 9.53 Å². The van der Waals surface area contributed by atoms with E-state index in [2.05, 4.69) is 0 Å². The average Bonchev–Trinajstić information content (AvgIpc) is 2.03.